The first-order chi connectivity index (χ1) is 9.17. The topological polar surface area (TPSA) is 41.5 Å². The van der Waals surface area contributed by atoms with E-state index in [9.17, 15) is 5.11 Å². The number of aromatic hydroxyl groups is 1. The average molecular weight is 263 g/mol. The number of ether oxygens (including phenoxy) is 1. The van der Waals surface area contributed by atoms with Gasteiger partial charge in [-0.05, 0) is 56.7 Å². The fraction of sp³-hybridized carbons (Fsp3) is 0.625. The largest absolute Gasteiger partial charge is 0.508 e. The van der Waals surface area contributed by atoms with Crippen molar-refractivity contribution >= 4 is 0 Å². The van der Waals surface area contributed by atoms with Gasteiger partial charge in [0.1, 0.15) is 5.75 Å². The second-order valence-electron chi connectivity index (χ2n) is 5.64. The van der Waals surface area contributed by atoms with E-state index in [-0.39, 0.29) is 0 Å². The van der Waals surface area contributed by atoms with Crippen LogP contribution in [0, 0.1) is 0 Å². The molecule has 3 unspecified atom stereocenters. The Morgan fingerprint density at radius 2 is 2.05 bits per heavy atom. The third kappa shape index (κ3) is 4.51. The van der Waals surface area contributed by atoms with Gasteiger partial charge < -0.3 is 15.2 Å². The number of aryl methyl sites for hydroxylation is 1. The van der Waals surface area contributed by atoms with Gasteiger partial charge in [-0.15, -0.1) is 0 Å². The van der Waals surface area contributed by atoms with E-state index in [0.717, 1.165) is 19.3 Å². The highest BCUT2D eigenvalue weighted by Gasteiger charge is 2.24. The predicted molar refractivity (Wildman–Crippen MR) is 77.5 cm³/mol. The zero-order valence-electron chi connectivity index (χ0n) is 11.9. The van der Waals surface area contributed by atoms with Gasteiger partial charge in [0.2, 0.25) is 0 Å². The van der Waals surface area contributed by atoms with E-state index in [1.165, 1.54) is 18.4 Å². The lowest BCUT2D eigenvalue weighted by Gasteiger charge is -2.19. The first-order valence-electron chi connectivity index (χ1n) is 7.24. The molecule has 1 aromatic carbocycles. The molecule has 0 radical (unpaired) electrons. The third-order valence-corrected chi connectivity index (χ3v) is 4.04. The molecule has 1 fully saturated rings. The highest BCUT2D eigenvalue weighted by Crippen LogP contribution is 2.22. The van der Waals surface area contributed by atoms with Crippen LogP contribution in [0.2, 0.25) is 0 Å². The van der Waals surface area contributed by atoms with Crippen molar-refractivity contribution in [3.05, 3.63) is 29.8 Å². The van der Waals surface area contributed by atoms with Gasteiger partial charge in [-0.2, -0.15) is 0 Å². The lowest BCUT2D eigenvalue weighted by Crippen LogP contribution is -2.35. The van der Waals surface area contributed by atoms with Gasteiger partial charge >= 0.3 is 0 Å². The van der Waals surface area contributed by atoms with E-state index in [1.807, 2.05) is 12.1 Å². The summed E-state index contributed by atoms with van der Waals surface area (Å²) in [7, 11) is 1.81. The maximum atomic E-state index is 9.25. The fourth-order valence-corrected chi connectivity index (χ4v) is 2.84. The minimum atomic E-state index is 0.339. The van der Waals surface area contributed by atoms with Crippen LogP contribution in [0.5, 0.6) is 5.75 Å². The summed E-state index contributed by atoms with van der Waals surface area (Å²) in [5.74, 6) is 0.339. The lowest BCUT2D eigenvalue weighted by atomic mass is 10.1. The third-order valence-electron chi connectivity index (χ3n) is 4.04. The van der Waals surface area contributed by atoms with Crippen molar-refractivity contribution in [2.24, 2.45) is 0 Å². The Labute approximate surface area is 116 Å². The second-order valence-corrected chi connectivity index (χ2v) is 5.64. The summed E-state index contributed by atoms with van der Waals surface area (Å²) in [5.41, 5.74) is 1.28. The van der Waals surface area contributed by atoms with Crippen molar-refractivity contribution in [1.29, 1.82) is 0 Å². The maximum Gasteiger partial charge on any atom is 0.115 e. The summed E-state index contributed by atoms with van der Waals surface area (Å²) < 4.78 is 5.40. The van der Waals surface area contributed by atoms with Crippen LogP contribution in [-0.2, 0) is 11.2 Å². The summed E-state index contributed by atoms with van der Waals surface area (Å²) in [6, 6.07) is 8.65. The first-order valence-corrected chi connectivity index (χ1v) is 7.24. The zero-order chi connectivity index (χ0) is 13.7. The van der Waals surface area contributed by atoms with Gasteiger partial charge in [0.25, 0.3) is 0 Å². The molecule has 1 aromatic rings. The molecule has 2 N–H and O–H groups in total. The molecule has 0 spiro atoms. The summed E-state index contributed by atoms with van der Waals surface area (Å²) >= 11 is 0. The quantitative estimate of drug-likeness (QED) is 0.829. The molecule has 0 saturated heterocycles. The Bertz CT molecular complexity index is 377. The Balaban J connectivity index is 1.70. The highest BCUT2D eigenvalue weighted by molar-refractivity contribution is 5.25. The standard InChI is InChI=1S/C16H25NO2/c1-12(17-14-7-10-16(11-14)19-2)3-4-13-5-8-15(18)9-6-13/h5-6,8-9,12,14,16-18H,3-4,7,10-11H2,1-2H3. The minimum Gasteiger partial charge on any atom is -0.508 e. The summed E-state index contributed by atoms with van der Waals surface area (Å²) in [5, 5.41) is 12.9. The number of phenols is 1. The monoisotopic (exact) mass is 263 g/mol. The molecule has 1 saturated carbocycles. The molecule has 0 bridgehead atoms. The molecule has 106 valence electrons. The SMILES string of the molecule is COC1CCC(NC(C)CCc2ccc(O)cc2)C1. The molecule has 0 amide bonds. The molecular weight excluding hydrogens is 238 g/mol. The molecule has 2 rings (SSSR count). The van der Waals surface area contributed by atoms with Gasteiger partial charge in [0, 0.05) is 19.2 Å². The first kappa shape index (κ1) is 14.4. The van der Waals surface area contributed by atoms with Gasteiger partial charge in [0.05, 0.1) is 6.10 Å². The van der Waals surface area contributed by atoms with Gasteiger partial charge in [-0.1, -0.05) is 12.1 Å². The lowest BCUT2D eigenvalue weighted by molar-refractivity contribution is 0.106. The number of rotatable bonds is 6. The number of hydrogen-bond acceptors (Lipinski definition) is 3. The summed E-state index contributed by atoms with van der Waals surface area (Å²) in [4.78, 5) is 0. The number of nitrogens with one attached hydrogen (secondary N) is 1. The van der Waals surface area contributed by atoms with Crippen molar-refractivity contribution < 1.29 is 9.84 Å². The number of phenolic OH excluding ortho intramolecular Hbond substituents is 1. The van der Waals surface area contributed by atoms with Crippen molar-refractivity contribution in [3.8, 4) is 5.75 Å². The molecule has 1 aliphatic rings. The van der Waals surface area contributed by atoms with Crippen molar-refractivity contribution in [2.75, 3.05) is 7.11 Å². The number of methoxy groups -OCH3 is 1. The molecule has 0 aromatic heterocycles. The van der Waals surface area contributed by atoms with Crippen molar-refractivity contribution in [1.82, 2.24) is 5.32 Å². The molecule has 0 heterocycles. The van der Waals surface area contributed by atoms with Gasteiger partial charge in [0.15, 0.2) is 0 Å². The fourth-order valence-electron chi connectivity index (χ4n) is 2.84. The molecule has 3 atom stereocenters. The van der Waals surface area contributed by atoms with E-state index in [0.29, 0.717) is 23.9 Å². The van der Waals surface area contributed by atoms with E-state index in [2.05, 4.69) is 12.2 Å². The minimum absolute atomic E-state index is 0.339. The van der Waals surface area contributed by atoms with Crippen LogP contribution in [-0.4, -0.2) is 30.4 Å². The van der Waals surface area contributed by atoms with Crippen molar-refractivity contribution in [2.45, 2.75) is 57.2 Å². The van der Waals surface area contributed by atoms with Gasteiger partial charge in [-0.3, -0.25) is 0 Å². The molecule has 3 heteroatoms. The Morgan fingerprint density at radius 3 is 2.68 bits per heavy atom. The maximum absolute atomic E-state index is 9.25. The summed E-state index contributed by atoms with van der Waals surface area (Å²) in [6.45, 7) is 2.25. The second kappa shape index (κ2) is 6.92. The zero-order valence-corrected chi connectivity index (χ0v) is 11.9. The number of benzene rings is 1. The molecular formula is C16H25NO2. The summed E-state index contributed by atoms with van der Waals surface area (Å²) in [6.07, 6.45) is 6.16. The van der Waals surface area contributed by atoms with Crippen LogP contribution in [0.25, 0.3) is 0 Å². The van der Waals surface area contributed by atoms with Gasteiger partial charge in [-0.25, -0.2) is 0 Å². The molecule has 3 nitrogen and oxygen atoms in total. The van der Waals surface area contributed by atoms with Crippen LogP contribution in [0.15, 0.2) is 24.3 Å². The van der Waals surface area contributed by atoms with Crippen LogP contribution >= 0.6 is 0 Å². The predicted octanol–water partition coefficient (Wildman–Crippen LogP) is 2.87. The highest BCUT2D eigenvalue weighted by atomic mass is 16.5. The number of hydrogen-bond donors (Lipinski definition) is 2. The smallest absolute Gasteiger partial charge is 0.115 e. The Morgan fingerprint density at radius 1 is 1.32 bits per heavy atom. The Kier molecular flexibility index (Phi) is 5.23. The van der Waals surface area contributed by atoms with Crippen molar-refractivity contribution in [3.63, 3.8) is 0 Å². The average Bonchev–Trinajstić information content (AvgIpc) is 2.86. The van der Waals surface area contributed by atoms with Crippen LogP contribution < -0.4 is 5.32 Å². The van der Waals surface area contributed by atoms with E-state index >= 15 is 0 Å². The van der Waals surface area contributed by atoms with E-state index in [1.54, 1.807) is 19.2 Å². The molecule has 1 aliphatic carbocycles. The van der Waals surface area contributed by atoms with E-state index in [4.69, 9.17) is 4.74 Å². The normalized spacial score (nSPS) is 24.5. The molecule has 19 heavy (non-hydrogen) atoms. The van der Waals surface area contributed by atoms with Crippen LogP contribution in [0.4, 0.5) is 0 Å². The molecule has 0 aliphatic heterocycles. The van der Waals surface area contributed by atoms with E-state index < -0.39 is 0 Å². The van der Waals surface area contributed by atoms with Crippen LogP contribution in [0.1, 0.15) is 38.2 Å². The van der Waals surface area contributed by atoms with Crippen LogP contribution in [0.3, 0.4) is 0 Å². The Hall–Kier alpha value is -1.06.